The molecule has 2 aromatic carbocycles. The Balaban J connectivity index is 1.07. The lowest BCUT2D eigenvalue weighted by molar-refractivity contribution is -0.130. The molecule has 3 heterocycles. The zero-order valence-electron chi connectivity index (χ0n) is 21.8. The third-order valence-corrected chi connectivity index (χ3v) is 8.20. The van der Waals surface area contributed by atoms with Crippen molar-refractivity contribution in [2.24, 2.45) is 5.92 Å². The number of halogens is 1. The van der Waals surface area contributed by atoms with Crippen LogP contribution in [0, 0.1) is 5.92 Å². The van der Waals surface area contributed by atoms with E-state index in [1.807, 2.05) is 35.2 Å². The van der Waals surface area contributed by atoms with Crippen molar-refractivity contribution in [2.75, 3.05) is 59.0 Å². The molecule has 9 heteroatoms. The predicted molar refractivity (Wildman–Crippen MR) is 149 cm³/mol. The number of benzene rings is 2. The molecule has 5 rings (SSSR count). The second-order valence-corrected chi connectivity index (χ2v) is 10.8. The Morgan fingerprint density at radius 2 is 1.71 bits per heavy atom. The highest BCUT2D eigenvalue weighted by molar-refractivity contribution is 6.34. The highest BCUT2D eigenvalue weighted by Crippen LogP contribution is 2.34. The molecular weight excluding hydrogens is 504 g/mol. The standard InChI is InChI=1S/C29H35ClN4O4/c1-20(35)34-8-6-21(7-9-34)19-33-12-10-32(11-13-33)14-15-38-23-4-2-22(3-5-23)24-16-25-26(29(36)37)18-31-28(25)17-27(24)30/h2-5,16-18,21,31H,6-15,19H2,1H3,(H,36,37). The maximum atomic E-state index is 11.5. The van der Waals surface area contributed by atoms with Crippen LogP contribution in [-0.2, 0) is 4.79 Å². The zero-order valence-corrected chi connectivity index (χ0v) is 22.5. The van der Waals surface area contributed by atoms with Crippen molar-refractivity contribution < 1.29 is 19.4 Å². The van der Waals surface area contributed by atoms with Crippen molar-refractivity contribution in [3.63, 3.8) is 0 Å². The lowest BCUT2D eigenvalue weighted by Crippen LogP contribution is -2.49. The Labute approximate surface area is 228 Å². The largest absolute Gasteiger partial charge is 0.492 e. The molecule has 2 fully saturated rings. The zero-order chi connectivity index (χ0) is 26.6. The van der Waals surface area contributed by atoms with Crippen LogP contribution >= 0.6 is 11.6 Å². The molecule has 8 nitrogen and oxygen atoms in total. The smallest absolute Gasteiger partial charge is 0.337 e. The molecule has 2 saturated heterocycles. The molecule has 0 unspecified atom stereocenters. The average Bonchev–Trinajstić information content (AvgIpc) is 3.33. The van der Waals surface area contributed by atoms with E-state index in [-0.39, 0.29) is 11.5 Å². The second-order valence-electron chi connectivity index (χ2n) is 10.3. The van der Waals surface area contributed by atoms with Gasteiger partial charge in [-0.1, -0.05) is 23.7 Å². The van der Waals surface area contributed by atoms with Crippen LogP contribution in [0.4, 0.5) is 0 Å². The van der Waals surface area contributed by atoms with Gasteiger partial charge in [0.25, 0.3) is 0 Å². The fourth-order valence-corrected chi connectivity index (χ4v) is 5.83. The van der Waals surface area contributed by atoms with Crippen LogP contribution in [0.5, 0.6) is 5.75 Å². The number of carboxylic acid groups (broad SMARTS) is 1. The topological polar surface area (TPSA) is 89.1 Å². The van der Waals surface area contributed by atoms with Crippen LogP contribution in [0.3, 0.4) is 0 Å². The number of piperazine rings is 1. The number of fused-ring (bicyclic) bond motifs is 1. The molecule has 3 aromatic rings. The molecule has 0 aliphatic carbocycles. The second kappa shape index (κ2) is 11.8. The Morgan fingerprint density at radius 3 is 2.37 bits per heavy atom. The van der Waals surface area contributed by atoms with Gasteiger partial charge in [-0.25, -0.2) is 4.79 Å². The number of carbonyl (C=O) groups is 2. The normalized spacial score (nSPS) is 17.7. The molecule has 0 spiro atoms. The van der Waals surface area contributed by atoms with Crippen LogP contribution in [0.2, 0.25) is 5.02 Å². The molecule has 1 aromatic heterocycles. The van der Waals surface area contributed by atoms with Gasteiger partial charge in [-0.3, -0.25) is 9.69 Å². The molecule has 0 radical (unpaired) electrons. The number of piperidine rings is 1. The first-order valence-electron chi connectivity index (χ1n) is 13.3. The van der Waals surface area contributed by atoms with Gasteiger partial charge in [0.1, 0.15) is 12.4 Å². The van der Waals surface area contributed by atoms with Crippen LogP contribution < -0.4 is 4.74 Å². The van der Waals surface area contributed by atoms with Gasteiger partial charge in [-0.2, -0.15) is 0 Å². The van der Waals surface area contributed by atoms with E-state index in [9.17, 15) is 14.7 Å². The molecule has 2 aliphatic heterocycles. The fraction of sp³-hybridized carbons (Fsp3) is 0.448. The van der Waals surface area contributed by atoms with Gasteiger partial charge in [0.15, 0.2) is 0 Å². The molecule has 0 saturated carbocycles. The monoisotopic (exact) mass is 538 g/mol. The number of ether oxygens (including phenoxy) is 1. The maximum Gasteiger partial charge on any atom is 0.337 e. The number of nitrogens with one attached hydrogen (secondary N) is 1. The molecular formula is C29H35ClN4O4. The summed E-state index contributed by atoms with van der Waals surface area (Å²) >= 11 is 6.50. The third-order valence-electron chi connectivity index (χ3n) is 7.88. The van der Waals surface area contributed by atoms with Crippen LogP contribution in [0.25, 0.3) is 22.0 Å². The van der Waals surface area contributed by atoms with E-state index < -0.39 is 5.97 Å². The third kappa shape index (κ3) is 6.14. The molecule has 38 heavy (non-hydrogen) atoms. The molecule has 2 N–H and O–H groups in total. The summed E-state index contributed by atoms with van der Waals surface area (Å²) in [6, 6.07) is 11.4. The lowest BCUT2D eigenvalue weighted by atomic mass is 9.96. The van der Waals surface area contributed by atoms with E-state index in [0.717, 1.165) is 82.1 Å². The molecule has 2 aliphatic rings. The minimum absolute atomic E-state index is 0.199. The summed E-state index contributed by atoms with van der Waals surface area (Å²) < 4.78 is 6.01. The maximum absolute atomic E-state index is 11.5. The van der Waals surface area contributed by atoms with E-state index in [1.165, 1.54) is 6.20 Å². The van der Waals surface area contributed by atoms with Crippen molar-refractivity contribution in [3.05, 3.63) is 53.2 Å². The molecule has 202 valence electrons. The SMILES string of the molecule is CC(=O)N1CCC(CN2CCN(CCOc3ccc(-c4cc5c(C(=O)O)c[nH]c5cc4Cl)cc3)CC2)CC1. The van der Waals surface area contributed by atoms with Gasteiger partial charge < -0.3 is 24.6 Å². The number of aromatic amines is 1. The van der Waals surface area contributed by atoms with Gasteiger partial charge in [-0.15, -0.1) is 0 Å². The quantitative estimate of drug-likeness (QED) is 0.441. The minimum Gasteiger partial charge on any atom is -0.492 e. The van der Waals surface area contributed by atoms with Gasteiger partial charge in [0, 0.05) is 81.9 Å². The van der Waals surface area contributed by atoms with Crippen molar-refractivity contribution >= 4 is 34.4 Å². The highest BCUT2D eigenvalue weighted by atomic mass is 35.5. The summed E-state index contributed by atoms with van der Waals surface area (Å²) in [7, 11) is 0. The van der Waals surface area contributed by atoms with Gasteiger partial charge >= 0.3 is 5.97 Å². The van der Waals surface area contributed by atoms with Crippen molar-refractivity contribution in [1.82, 2.24) is 19.7 Å². The van der Waals surface area contributed by atoms with E-state index in [1.54, 1.807) is 13.0 Å². The molecule has 1 amide bonds. The lowest BCUT2D eigenvalue weighted by Gasteiger charge is -2.38. The number of aromatic nitrogens is 1. The number of hydrogen-bond donors (Lipinski definition) is 2. The van der Waals surface area contributed by atoms with E-state index >= 15 is 0 Å². The summed E-state index contributed by atoms with van der Waals surface area (Å²) in [4.78, 5) is 33.0. The van der Waals surface area contributed by atoms with Crippen LogP contribution in [-0.4, -0.2) is 95.6 Å². The Kier molecular flexibility index (Phi) is 8.21. The van der Waals surface area contributed by atoms with Gasteiger partial charge in [0.2, 0.25) is 5.91 Å². The van der Waals surface area contributed by atoms with E-state index in [4.69, 9.17) is 16.3 Å². The predicted octanol–water partition coefficient (Wildman–Crippen LogP) is 4.44. The fourth-order valence-electron chi connectivity index (χ4n) is 5.56. The molecule has 0 bridgehead atoms. The number of amides is 1. The summed E-state index contributed by atoms with van der Waals surface area (Å²) in [5, 5.41) is 10.6. The first-order valence-corrected chi connectivity index (χ1v) is 13.7. The number of hydrogen-bond acceptors (Lipinski definition) is 5. The number of H-pyrrole nitrogens is 1. The van der Waals surface area contributed by atoms with E-state index in [0.29, 0.717) is 28.5 Å². The Bertz CT molecular complexity index is 1280. The van der Waals surface area contributed by atoms with Gasteiger partial charge in [0.05, 0.1) is 10.6 Å². The van der Waals surface area contributed by atoms with E-state index in [2.05, 4.69) is 14.8 Å². The highest BCUT2D eigenvalue weighted by Gasteiger charge is 2.24. The van der Waals surface area contributed by atoms with Gasteiger partial charge in [-0.05, 0) is 48.6 Å². The van der Waals surface area contributed by atoms with Crippen LogP contribution in [0.15, 0.2) is 42.6 Å². The van der Waals surface area contributed by atoms with Crippen molar-refractivity contribution in [3.8, 4) is 16.9 Å². The molecule has 0 atom stereocenters. The van der Waals surface area contributed by atoms with Crippen molar-refractivity contribution in [2.45, 2.75) is 19.8 Å². The number of rotatable bonds is 8. The van der Waals surface area contributed by atoms with Crippen molar-refractivity contribution in [1.29, 1.82) is 0 Å². The summed E-state index contributed by atoms with van der Waals surface area (Å²) in [6.07, 6.45) is 3.72. The number of likely N-dealkylation sites (tertiary alicyclic amines) is 1. The summed E-state index contributed by atoms with van der Waals surface area (Å²) in [5.74, 6) is 0.725. The number of carbonyl (C=O) groups excluding carboxylic acids is 1. The summed E-state index contributed by atoms with van der Waals surface area (Å²) in [6.45, 7) is 10.4. The van der Waals surface area contributed by atoms with Crippen LogP contribution in [0.1, 0.15) is 30.1 Å². The number of carboxylic acids is 1. The number of aromatic carboxylic acids is 1. The first-order chi connectivity index (χ1) is 18.4. The summed E-state index contributed by atoms with van der Waals surface area (Å²) in [5.41, 5.74) is 2.63. The average molecular weight is 539 g/mol. The minimum atomic E-state index is -0.971. The number of nitrogens with zero attached hydrogens (tertiary/aromatic N) is 3. The Morgan fingerprint density at radius 1 is 1.03 bits per heavy atom. The Hall–Kier alpha value is -3.07. The first kappa shape index (κ1) is 26.5.